The molecule has 0 N–H and O–H groups in total. The number of hydrogen-bond acceptors (Lipinski definition) is 3. The zero-order valence-corrected chi connectivity index (χ0v) is 34.0. The number of nitrogens with zero attached hydrogens (tertiary/aromatic N) is 4. The molecule has 0 radical (unpaired) electrons. The van der Waals surface area contributed by atoms with Crippen molar-refractivity contribution in [2.75, 3.05) is 14.7 Å². The Hall–Kier alpha value is -6.72. The van der Waals surface area contributed by atoms with Gasteiger partial charge in [0.25, 0.3) is 6.71 Å². The van der Waals surface area contributed by atoms with Crippen LogP contribution in [0.15, 0.2) is 182 Å². The molecule has 0 bridgehead atoms. The molecule has 3 aliphatic rings. The molecule has 1 aromatic heterocycles. The molecular formula is C54H47BN4. The third-order valence-electron chi connectivity index (χ3n) is 12.6. The summed E-state index contributed by atoms with van der Waals surface area (Å²) in [7, 11) is 0. The summed E-state index contributed by atoms with van der Waals surface area (Å²) in [6, 6.07) is 67.1. The van der Waals surface area contributed by atoms with Crippen LogP contribution in [0.2, 0.25) is 0 Å². The van der Waals surface area contributed by atoms with Crippen LogP contribution in [0.3, 0.4) is 0 Å². The van der Waals surface area contributed by atoms with Gasteiger partial charge < -0.3 is 19.3 Å². The number of aromatic nitrogens is 1. The number of fused-ring (bicyclic) bond motifs is 6. The third kappa shape index (κ3) is 5.74. The summed E-state index contributed by atoms with van der Waals surface area (Å²) >= 11 is 0. The molecule has 7 aromatic carbocycles. The normalized spacial score (nSPS) is 14.0. The van der Waals surface area contributed by atoms with Crippen LogP contribution < -0.4 is 31.2 Å². The maximum Gasteiger partial charge on any atom is 0.273 e. The van der Waals surface area contributed by atoms with E-state index in [9.17, 15) is 0 Å². The Bertz CT molecular complexity index is 2770. The predicted octanol–water partition coefficient (Wildman–Crippen LogP) is 12.2. The molecule has 59 heavy (non-hydrogen) atoms. The Morgan fingerprint density at radius 2 is 1.00 bits per heavy atom. The monoisotopic (exact) mass is 762 g/mol. The highest BCUT2D eigenvalue weighted by atomic mass is 15.2. The first-order valence-corrected chi connectivity index (χ1v) is 21.2. The fourth-order valence-electron chi connectivity index (χ4n) is 10.0. The zero-order valence-electron chi connectivity index (χ0n) is 34.0. The average molecular weight is 763 g/mol. The SMILES string of the molecule is CC(C)(C)c1cc2c3c(c1)N(c1ccccc1)c1c4c(n(-c5ccccc5)c1B3c1ccc(N(c3ccccc3)c3ccccc3)cc1N2c1ccccc1)CCCC4. The molecule has 0 saturated carbocycles. The molecule has 0 spiro atoms. The van der Waals surface area contributed by atoms with Crippen molar-refractivity contribution in [2.24, 2.45) is 0 Å². The van der Waals surface area contributed by atoms with Gasteiger partial charge in [-0.05, 0) is 138 Å². The summed E-state index contributed by atoms with van der Waals surface area (Å²) in [4.78, 5) is 7.59. The summed E-state index contributed by atoms with van der Waals surface area (Å²) in [5.74, 6) is 0. The molecule has 4 nitrogen and oxygen atoms in total. The minimum atomic E-state index is -0.0963. The lowest BCUT2D eigenvalue weighted by Crippen LogP contribution is -2.63. The Morgan fingerprint density at radius 3 is 1.58 bits per heavy atom. The molecule has 11 rings (SSSR count). The lowest BCUT2D eigenvalue weighted by molar-refractivity contribution is 0.590. The fraction of sp³-hybridized carbons (Fsp3) is 0.148. The van der Waals surface area contributed by atoms with Crippen molar-refractivity contribution in [3.05, 3.63) is 199 Å². The van der Waals surface area contributed by atoms with Crippen molar-refractivity contribution in [3.8, 4) is 5.69 Å². The van der Waals surface area contributed by atoms with Gasteiger partial charge in [0.05, 0.1) is 5.69 Å². The highest BCUT2D eigenvalue weighted by Crippen LogP contribution is 2.50. The van der Waals surface area contributed by atoms with Gasteiger partial charge in [-0.25, -0.2) is 0 Å². The maximum atomic E-state index is 2.67. The van der Waals surface area contributed by atoms with Gasteiger partial charge in [0.15, 0.2) is 0 Å². The van der Waals surface area contributed by atoms with Gasteiger partial charge in [-0.2, -0.15) is 0 Å². The molecule has 286 valence electrons. The van der Waals surface area contributed by atoms with E-state index < -0.39 is 0 Å². The molecule has 0 unspecified atom stereocenters. The Balaban J connectivity index is 1.28. The first kappa shape index (κ1) is 35.4. The summed E-state index contributed by atoms with van der Waals surface area (Å²) in [6.45, 7) is 7.05. The number of para-hydroxylation sites is 5. The smallest absolute Gasteiger partial charge is 0.273 e. The van der Waals surface area contributed by atoms with Crippen LogP contribution >= 0.6 is 0 Å². The Morgan fingerprint density at radius 1 is 0.492 bits per heavy atom. The van der Waals surface area contributed by atoms with E-state index in [1.165, 1.54) is 80.3 Å². The molecule has 5 heteroatoms. The van der Waals surface area contributed by atoms with Gasteiger partial charge in [-0.1, -0.05) is 118 Å². The van der Waals surface area contributed by atoms with E-state index >= 15 is 0 Å². The largest absolute Gasteiger partial charge is 0.323 e. The third-order valence-corrected chi connectivity index (χ3v) is 12.6. The van der Waals surface area contributed by atoms with E-state index in [4.69, 9.17) is 0 Å². The second-order valence-corrected chi connectivity index (χ2v) is 17.2. The van der Waals surface area contributed by atoms with Gasteiger partial charge >= 0.3 is 0 Å². The summed E-state index contributed by atoms with van der Waals surface area (Å²) in [5, 5.41) is 0. The zero-order chi connectivity index (χ0) is 39.7. The number of benzene rings is 7. The molecule has 3 heterocycles. The van der Waals surface area contributed by atoms with E-state index in [-0.39, 0.29) is 12.1 Å². The molecular weight excluding hydrogens is 715 g/mol. The maximum absolute atomic E-state index is 2.67. The summed E-state index contributed by atoms with van der Waals surface area (Å²) in [6.07, 6.45) is 4.53. The van der Waals surface area contributed by atoms with Gasteiger partial charge in [0, 0.05) is 62.5 Å². The first-order valence-electron chi connectivity index (χ1n) is 21.2. The quantitative estimate of drug-likeness (QED) is 0.157. The molecule has 0 fully saturated rings. The van der Waals surface area contributed by atoms with Crippen molar-refractivity contribution < 1.29 is 0 Å². The van der Waals surface area contributed by atoms with Crippen LogP contribution in [0.25, 0.3) is 5.69 Å². The Kier molecular flexibility index (Phi) is 8.40. The molecule has 8 aromatic rings. The first-order chi connectivity index (χ1) is 29.0. The van der Waals surface area contributed by atoms with Gasteiger partial charge in [-0.3, -0.25) is 0 Å². The van der Waals surface area contributed by atoms with Crippen molar-refractivity contribution >= 4 is 74.4 Å². The van der Waals surface area contributed by atoms with Crippen LogP contribution in [0.1, 0.15) is 50.4 Å². The standard InChI is InChI=1S/C54H47BN4/c1-54(2,3)38-35-49-51-50(36-38)58(42-27-15-7-16-28-42)52-45-31-19-20-32-47(45)59(43-29-17-8-18-30-43)53(52)55(51)46-34-33-44(37-48(46)57(49)41-25-13-6-14-26-41)56(39-21-9-4-10-22-39)40-23-11-5-12-24-40/h4-18,21-30,33-37H,19-20,31-32H2,1-3H3. The minimum Gasteiger partial charge on any atom is -0.323 e. The van der Waals surface area contributed by atoms with Crippen LogP contribution in [0.5, 0.6) is 0 Å². The van der Waals surface area contributed by atoms with Gasteiger partial charge in [0.2, 0.25) is 0 Å². The molecule has 0 saturated heterocycles. The molecule has 2 aliphatic heterocycles. The van der Waals surface area contributed by atoms with E-state index in [1.807, 2.05) is 0 Å². The molecule has 0 amide bonds. The summed E-state index contributed by atoms with van der Waals surface area (Å²) in [5.41, 5.74) is 20.3. The Labute approximate surface area is 348 Å². The van der Waals surface area contributed by atoms with Crippen molar-refractivity contribution in [1.82, 2.24) is 4.57 Å². The van der Waals surface area contributed by atoms with Crippen LogP contribution in [0.4, 0.5) is 51.2 Å². The van der Waals surface area contributed by atoms with Crippen molar-refractivity contribution in [3.63, 3.8) is 0 Å². The van der Waals surface area contributed by atoms with Gasteiger partial charge in [0.1, 0.15) is 0 Å². The van der Waals surface area contributed by atoms with E-state index in [2.05, 4.69) is 222 Å². The number of rotatable bonds is 6. The second-order valence-electron chi connectivity index (χ2n) is 17.2. The van der Waals surface area contributed by atoms with Crippen LogP contribution in [-0.4, -0.2) is 11.3 Å². The van der Waals surface area contributed by atoms with E-state index in [1.54, 1.807) is 0 Å². The topological polar surface area (TPSA) is 14.7 Å². The van der Waals surface area contributed by atoms with E-state index in [0.29, 0.717) is 0 Å². The minimum absolute atomic E-state index is 0.0132. The lowest BCUT2D eigenvalue weighted by atomic mass is 9.34. The summed E-state index contributed by atoms with van der Waals surface area (Å²) < 4.78 is 2.67. The number of anilines is 9. The van der Waals surface area contributed by atoms with Gasteiger partial charge in [-0.15, -0.1) is 0 Å². The fourth-order valence-corrected chi connectivity index (χ4v) is 10.0. The molecule has 0 atom stereocenters. The average Bonchev–Trinajstić information content (AvgIpc) is 3.62. The lowest BCUT2D eigenvalue weighted by Gasteiger charge is -2.45. The molecule has 1 aliphatic carbocycles. The van der Waals surface area contributed by atoms with Crippen molar-refractivity contribution in [1.29, 1.82) is 0 Å². The van der Waals surface area contributed by atoms with Crippen LogP contribution in [-0.2, 0) is 18.3 Å². The highest BCUT2D eigenvalue weighted by molar-refractivity contribution is 7.00. The van der Waals surface area contributed by atoms with Crippen LogP contribution in [0, 0.1) is 0 Å². The van der Waals surface area contributed by atoms with Crippen molar-refractivity contribution in [2.45, 2.75) is 51.9 Å². The highest BCUT2D eigenvalue weighted by Gasteiger charge is 2.48. The second kappa shape index (κ2) is 14.0. The number of hydrogen-bond donors (Lipinski definition) is 0. The van der Waals surface area contributed by atoms with E-state index in [0.717, 1.165) is 35.6 Å². The predicted molar refractivity (Wildman–Crippen MR) is 250 cm³/mol.